The third kappa shape index (κ3) is 11.8. The Kier molecular flexibility index (Phi) is 18.6. The van der Waals surface area contributed by atoms with Gasteiger partial charge in [-0.2, -0.15) is 0 Å². The van der Waals surface area contributed by atoms with E-state index in [0.29, 0.717) is 34.8 Å². The topological polar surface area (TPSA) is 48.5 Å². The predicted molar refractivity (Wildman–Crippen MR) is 321 cm³/mol. The Morgan fingerprint density at radius 1 is 0.405 bits per heavy atom. The number of rotatable bonds is 9. The van der Waals surface area contributed by atoms with E-state index in [0.717, 1.165) is 33.8 Å². The van der Waals surface area contributed by atoms with Crippen molar-refractivity contribution in [3.05, 3.63) is 246 Å². The van der Waals surface area contributed by atoms with Gasteiger partial charge in [0, 0.05) is 92.2 Å². The molecule has 0 saturated heterocycles. The van der Waals surface area contributed by atoms with Crippen LogP contribution in [0.15, 0.2) is 195 Å². The first-order chi connectivity index (χ1) is 37.3. The molecule has 0 bridgehead atoms. The molecule has 0 amide bonds. The zero-order valence-electron chi connectivity index (χ0n) is 46.6. The number of nitrogens with zero attached hydrogens (tertiary/aromatic N) is 5. The molecule has 0 aliphatic carbocycles. The summed E-state index contributed by atoms with van der Waals surface area (Å²) in [6.45, 7) is 21.7. The summed E-state index contributed by atoms with van der Waals surface area (Å²) in [5, 5.41) is 5.05. The number of fused-ring (bicyclic) bond motifs is 6. The van der Waals surface area contributed by atoms with Gasteiger partial charge in [-0.15, -0.1) is 41.5 Å². The van der Waals surface area contributed by atoms with Crippen LogP contribution in [0.25, 0.3) is 88.8 Å². The molecule has 5 nitrogen and oxygen atoms in total. The quantitative estimate of drug-likeness (QED) is 0.135. The Hall–Kier alpha value is -7.18. The van der Waals surface area contributed by atoms with E-state index in [-0.39, 0.29) is 46.0 Å². The van der Waals surface area contributed by atoms with Crippen molar-refractivity contribution in [3.8, 4) is 45.1 Å². The summed E-state index contributed by atoms with van der Waals surface area (Å²) in [6.07, 6.45) is 5.41. The van der Waals surface area contributed by atoms with Crippen LogP contribution in [0.4, 0.5) is 4.39 Å². The predicted octanol–water partition coefficient (Wildman–Crippen LogP) is 19.3. The molecule has 0 saturated carbocycles. The van der Waals surface area contributed by atoms with Crippen LogP contribution in [-0.4, -0.2) is 24.1 Å². The molecule has 79 heavy (non-hydrogen) atoms. The number of aryl methyl sites for hydroxylation is 2. The third-order valence-corrected chi connectivity index (χ3v) is 14.6. The molecule has 8 heteroatoms. The van der Waals surface area contributed by atoms with Gasteiger partial charge in [-0.3, -0.25) is 9.37 Å². The zero-order valence-corrected chi connectivity index (χ0v) is 51.4. The maximum atomic E-state index is 13.4. The number of halogens is 1. The fourth-order valence-corrected chi connectivity index (χ4v) is 10.8. The van der Waals surface area contributed by atoms with Crippen LogP contribution in [0.5, 0.6) is 0 Å². The van der Waals surface area contributed by atoms with Crippen LogP contribution < -0.4 is 0 Å². The molecule has 0 aliphatic heterocycles. The summed E-state index contributed by atoms with van der Waals surface area (Å²) in [7, 11) is 0. The second kappa shape index (κ2) is 25.3. The standard InChI is InChI=1S/C29H28N2.C29H27N2.C13H11FN.2Ir/c2*1-19(2)22-11-9-12-23(20(3)4)29(22)31-27-14-6-5-10-24(27)25-18-21(15-16-28(25)31)26-13-7-8-17-30-26;1-9-7-11(8-10(2)13(9)14)12-5-3-4-6-15-12;;/h5-20H,1-4H3;5-14,16-20H,1-4H3;3-7H,1-2H3;;/q;2*-1;;. The van der Waals surface area contributed by atoms with Crippen LogP contribution in [0.2, 0.25) is 0 Å². The maximum Gasteiger partial charge on any atom is 0.0702 e. The average molecular weight is 1390 g/mol. The van der Waals surface area contributed by atoms with E-state index in [4.69, 9.17) is 0 Å². The molecule has 0 aliphatic rings. The summed E-state index contributed by atoms with van der Waals surface area (Å²) in [6, 6.07) is 68.2. The van der Waals surface area contributed by atoms with Crippen molar-refractivity contribution in [2.24, 2.45) is 0 Å². The van der Waals surface area contributed by atoms with Crippen LogP contribution >= 0.6 is 0 Å². The molecular formula is C71H66FIr2N5-2. The van der Waals surface area contributed by atoms with Gasteiger partial charge in [0.05, 0.1) is 22.4 Å². The van der Waals surface area contributed by atoms with Gasteiger partial charge in [-0.05, 0) is 117 Å². The fraction of sp³-hybridized carbons (Fsp3) is 0.197. The van der Waals surface area contributed by atoms with Gasteiger partial charge in [0.15, 0.2) is 0 Å². The Labute approximate surface area is 492 Å². The first-order valence-electron chi connectivity index (χ1n) is 27.0. The average Bonchev–Trinajstić information content (AvgIpc) is 4.00. The molecule has 2 radical (unpaired) electrons. The van der Waals surface area contributed by atoms with Gasteiger partial charge in [-0.1, -0.05) is 195 Å². The third-order valence-electron chi connectivity index (χ3n) is 14.6. The SMILES string of the molecule is CC(C)c1cccc(C(C)C)c1-n1c2c[c-]c(-c3ccccn3)cc2c2ccccc21.CC(C)c1cccc(C(C)C)c1-n1c2ccccc2c2cc(-c3ccccn3)ccc21.Cc1[c-]c(-c2ccccn2)cc(C)c1F.[Ir].[Ir]. The fourth-order valence-electron chi connectivity index (χ4n) is 10.8. The van der Waals surface area contributed by atoms with Gasteiger partial charge in [0.2, 0.25) is 0 Å². The minimum atomic E-state index is -0.185. The Morgan fingerprint density at radius 3 is 1.28 bits per heavy atom. The maximum absolute atomic E-state index is 13.4. The van der Waals surface area contributed by atoms with E-state index >= 15 is 0 Å². The van der Waals surface area contributed by atoms with E-state index in [1.807, 2.05) is 60.9 Å². The smallest absolute Gasteiger partial charge is 0.0702 e. The second-order valence-electron chi connectivity index (χ2n) is 21.2. The molecule has 7 aromatic carbocycles. The van der Waals surface area contributed by atoms with Gasteiger partial charge in [-0.25, -0.2) is 0 Å². The van der Waals surface area contributed by atoms with E-state index < -0.39 is 0 Å². The van der Waals surface area contributed by atoms with Crippen molar-refractivity contribution < 1.29 is 44.6 Å². The van der Waals surface area contributed by atoms with E-state index in [1.54, 1.807) is 26.1 Å². The molecule has 0 atom stereocenters. The normalized spacial score (nSPS) is 11.2. The van der Waals surface area contributed by atoms with Crippen LogP contribution in [0.1, 0.15) is 112 Å². The Morgan fingerprint density at radius 2 is 0.823 bits per heavy atom. The Bertz CT molecular complexity index is 3740. The zero-order chi connectivity index (χ0) is 53.9. The first kappa shape index (κ1) is 58.0. The van der Waals surface area contributed by atoms with Crippen molar-refractivity contribution >= 4 is 43.6 Å². The molecule has 12 aromatic rings. The molecule has 0 N–H and O–H groups in total. The first-order valence-corrected chi connectivity index (χ1v) is 27.0. The number of hydrogen-bond acceptors (Lipinski definition) is 3. The summed E-state index contributed by atoms with van der Waals surface area (Å²) < 4.78 is 18.3. The van der Waals surface area contributed by atoms with Crippen molar-refractivity contribution in [2.45, 2.75) is 92.9 Å². The number of para-hydroxylation sites is 4. The number of hydrogen-bond donors (Lipinski definition) is 0. The molecule has 402 valence electrons. The minimum Gasteiger partial charge on any atom is -0.350 e. The van der Waals surface area contributed by atoms with Crippen LogP contribution in [0, 0.1) is 31.8 Å². The molecular weight excluding hydrogens is 1330 g/mol. The largest absolute Gasteiger partial charge is 0.350 e. The van der Waals surface area contributed by atoms with Crippen molar-refractivity contribution in [2.75, 3.05) is 0 Å². The summed E-state index contributed by atoms with van der Waals surface area (Å²) in [5.74, 6) is 1.56. The second-order valence-corrected chi connectivity index (χ2v) is 21.2. The van der Waals surface area contributed by atoms with Gasteiger partial charge in [0.1, 0.15) is 0 Å². The molecule has 0 spiro atoms. The van der Waals surface area contributed by atoms with Crippen LogP contribution in [-0.2, 0) is 40.2 Å². The number of aromatic nitrogens is 5. The number of pyridine rings is 3. The van der Waals surface area contributed by atoms with Crippen molar-refractivity contribution in [1.29, 1.82) is 0 Å². The molecule has 0 fully saturated rings. The molecule has 5 heterocycles. The van der Waals surface area contributed by atoms with E-state index in [2.05, 4.69) is 213 Å². The monoisotopic (exact) mass is 1390 g/mol. The summed E-state index contributed by atoms with van der Waals surface area (Å²) in [4.78, 5) is 13.3. The van der Waals surface area contributed by atoms with Crippen molar-refractivity contribution in [1.82, 2.24) is 24.1 Å². The Balaban J connectivity index is 0.000000163. The van der Waals surface area contributed by atoms with Gasteiger partial charge >= 0.3 is 0 Å². The van der Waals surface area contributed by atoms with E-state index in [1.165, 1.54) is 77.2 Å². The molecule has 5 aromatic heterocycles. The van der Waals surface area contributed by atoms with Crippen molar-refractivity contribution in [3.63, 3.8) is 0 Å². The summed E-state index contributed by atoms with van der Waals surface area (Å²) >= 11 is 0. The van der Waals surface area contributed by atoms with E-state index in [9.17, 15) is 4.39 Å². The van der Waals surface area contributed by atoms with Crippen LogP contribution in [0.3, 0.4) is 0 Å². The molecule has 0 unspecified atom stereocenters. The molecule has 12 rings (SSSR count). The minimum absolute atomic E-state index is 0. The number of benzene rings is 7. The van der Waals surface area contributed by atoms with Gasteiger partial charge < -0.3 is 19.1 Å². The summed E-state index contributed by atoms with van der Waals surface area (Å²) in [5.41, 5.74) is 20.1. The van der Waals surface area contributed by atoms with Gasteiger partial charge in [0.25, 0.3) is 0 Å².